The van der Waals surface area contributed by atoms with Crippen LogP contribution in [0.1, 0.15) is 10.9 Å². The molecule has 1 saturated heterocycles. The zero-order valence-corrected chi connectivity index (χ0v) is 12.0. The van der Waals surface area contributed by atoms with Gasteiger partial charge in [-0.1, -0.05) is 23.7 Å². The molecule has 0 N–H and O–H groups in total. The van der Waals surface area contributed by atoms with Crippen LogP contribution in [0.15, 0.2) is 48.5 Å². The van der Waals surface area contributed by atoms with E-state index in [1.807, 2.05) is 24.3 Å². The van der Waals surface area contributed by atoms with Crippen molar-refractivity contribution in [3.63, 3.8) is 0 Å². The second-order valence-corrected chi connectivity index (χ2v) is 5.96. The predicted octanol–water partition coefficient (Wildman–Crippen LogP) is 4.26. The van der Waals surface area contributed by atoms with Gasteiger partial charge in [-0.3, -0.25) is 9.69 Å². The lowest BCUT2D eigenvalue weighted by molar-refractivity contribution is -0.115. The minimum Gasteiger partial charge on any atom is -0.295 e. The van der Waals surface area contributed by atoms with Gasteiger partial charge in [-0.25, -0.2) is 4.39 Å². The standard InChI is InChI=1S/C15H11ClFNOS/c16-11-3-1-10(2-4-11)15-18(14(19)9-20-15)13-7-5-12(17)6-8-13/h1-8,15H,9H2. The van der Waals surface area contributed by atoms with Gasteiger partial charge in [0.05, 0.1) is 5.75 Å². The molecule has 1 heterocycles. The number of thioether (sulfide) groups is 1. The summed E-state index contributed by atoms with van der Waals surface area (Å²) in [6.07, 6.45) is 0. The first-order valence-electron chi connectivity index (χ1n) is 6.10. The van der Waals surface area contributed by atoms with Gasteiger partial charge in [-0.2, -0.15) is 0 Å². The molecule has 2 nitrogen and oxygen atoms in total. The normalized spacial score (nSPS) is 18.6. The summed E-state index contributed by atoms with van der Waals surface area (Å²) in [4.78, 5) is 13.8. The van der Waals surface area contributed by atoms with E-state index in [1.54, 1.807) is 28.8 Å². The number of anilines is 1. The van der Waals surface area contributed by atoms with Crippen LogP contribution in [-0.4, -0.2) is 11.7 Å². The van der Waals surface area contributed by atoms with Crippen molar-refractivity contribution in [1.29, 1.82) is 0 Å². The maximum Gasteiger partial charge on any atom is 0.238 e. The Bertz CT molecular complexity index is 629. The first kappa shape index (κ1) is 13.5. The quantitative estimate of drug-likeness (QED) is 0.826. The minimum absolute atomic E-state index is 0.0292. The van der Waals surface area contributed by atoms with E-state index in [2.05, 4.69) is 0 Å². The number of carbonyl (C=O) groups excluding carboxylic acids is 1. The smallest absolute Gasteiger partial charge is 0.238 e. The molecule has 0 spiro atoms. The average molecular weight is 308 g/mol. The number of nitrogens with zero attached hydrogens (tertiary/aromatic N) is 1. The molecule has 1 atom stereocenters. The van der Waals surface area contributed by atoms with Crippen LogP contribution in [0.3, 0.4) is 0 Å². The van der Waals surface area contributed by atoms with Gasteiger partial charge >= 0.3 is 0 Å². The third-order valence-electron chi connectivity index (χ3n) is 3.13. The Labute approximate surface area is 125 Å². The van der Waals surface area contributed by atoms with E-state index >= 15 is 0 Å². The lowest BCUT2D eigenvalue weighted by Crippen LogP contribution is -2.27. The molecule has 102 valence electrons. The fourth-order valence-corrected chi connectivity index (χ4v) is 3.48. The van der Waals surface area contributed by atoms with Crippen molar-refractivity contribution in [2.75, 3.05) is 10.7 Å². The predicted molar refractivity (Wildman–Crippen MR) is 80.5 cm³/mol. The largest absolute Gasteiger partial charge is 0.295 e. The van der Waals surface area contributed by atoms with Gasteiger partial charge < -0.3 is 0 Å². The van der Waals surface area contributed by atoms with Gasteiger partial charge in [0.1, 0.15) is 11.2 Å². The van der Waals surface area contributed by atoms with Crippen LogP contribution in [-0.2, 0) is 4.79 Å². The number of hydrogen-bond donors (Lipinski definition) is 0. The first-order chi connectivity index (χ1) is 9.65. The molecule has 1 aliphatic heterocycles. The lowest BCUT2D eigenvalue weighted by Gasteiger charge is -2.24. The highest BCUT2D eigenvalue weighted by Gasteiger charge is 2.33. The van der Waals surface area contributed by atoms with Gasteiger partial charge in [0.25, 0.3) is 0 Å². The average Bonchev–Trinajstić information content (AvgIpc) is 2.83. The van der Waals surface area contributed by atoms with Crippen LogP contribution in [0.25, 0.3) is 0 Å². The number of carbonyl (C=O) groups is 1. The maximum atomic E-state index is 13.0. The number of rotatable bonds is 2. The SMILES string of the molecule is O=C1CSC(c2ccc(Cl)cc2)N1c1ccc(F)cc1. The van der Waals surface area contributed by atoms with Crippen molar-refractivity contribution in [3.8, 4) is 0 Å². The molecule has 2 aromatic carbocycles. The highest BCUT2D eigenvalue weighted by molar-refractivity contribution is 8.00. The van der Waals surface area contributed by atoms with Gasteiger partial charge in [-0.15, -0.1) is 11.8 Å². The molecule has 0 aromatic heterocycles. The molecule has 5 heteroatoms. The summed E-state index contributed by atoms with van der Waals surface area (Å²) in [6, 6.07) is 13.4. The highest BCUT2D eigenvalue weighted by Crippen LogP contribution is 2.41. The molecular weight excluding hydrogens is 297 g/mol. The van der Waals surface area contributed by atoms with Crippen LogP contribution in [0.2, 0.25) is 5.02 Å². The third-order valence-corrected chi connectivity index (χ3v) is 4.59. The Morgan fingerprint density at radius 1 is 1.10 bits per heavy atom. The second kappa shape index (κ2) is 5.46. The number of hydrogen-bond acceptors (Lipinski definition) is 2. The van der Waals surface area contributed by atoms with Crippen LogP contribution in [0.5, 0.6) is 0 Å². The summed E-state index contributed by atoms with van der Waals surface area (Å²) in [6.45, 7) is 0. The van der Waals surface area contributed by atoms with Gasteiger partial charge in [-0.05, 0) is 42.0 Å². The fourth-order valence-electron chi connectivity index (χ4n) is 2.18. The van der Waals surface area contributed by atoms with Crippen LogP contribution >= 0.6 is 23.4 Å². The summed E-state index contributed by atoms with van der Waals surface area (Å²) in [5.74, 6) is 0.141. The van der Waals surface area contributed by atoms with Crippen molar-refractivity contribution in [2.45, 2.75) is 5.37 Å². The Morgan fingerprint density at radius 2 is 1.75 bits per heavy atom. The molecule has 0 radical (unpaired) electrons. The Morgan fingerprint density at radius 3 is 2.40 bits per heavy atom. The molecular formula is C15H11ClFNOS. The molecule has 2 aromatic rings. The fraction of sp³-hybridized carbons (Fsp3) is 0.133. The number of amides is 1. The van der Waals surface area contributed by atoms with Crippen molar-refractivity contribution in [3.05, 3.63) is 64.9 Å². The minimum atomic E-state index is -0.309. The Hall–Kier alpha value is -1.52. The van der Waals surface area contributed by atoms with E-state index < -0.39 is 0 Å². The molecule has 3 rings (SSSR count). The van der Waals surface area contributed by atoms with Crippen molar-refractivity contribution in [1.82, 2.24) is 0 Å². The first-order valence-corrected chi connectivity index (χ1v) is 7.52. The Balaban J connectivity index is 1.96. The molecule has 20 heavy (non-hydrogen) atoms. The number of halogens is 2. The Kier molecular flexibility index (Phi) is 3.68. The maximum absolute atomic E-state index is 13.0. The van der Waals surface area contributed by atoms with Gasteiger partial charge in [0, 0.05) is 10.7 Å². The van der Waals surface area contributed by atoms with E-state index in [0.717, 1.165) is 5.56 Å². The molecule has 1 unspecified atom stereocenters. The summed E-state index contributed by atoms with van der Waals surface area (Å²) in [5, 5.41) is 0.571. The van der Waals surface area contributed by atoms with Crippen LogP contribution in [0, 0.1) is 5.82 Å². The molecule has 1 fully saturated rings. The highest BCUT2D eigenvalue weighted by atomic mass is 35.5. The monoisotopic (exact) mass is 307 g/mol. The van der Waals surface area contributed by atoms with E-state index in [4.69, 9.17) is 11.6 Å². The lowest BCUT2D eigenvalue weighted by atomic mass is 10.2. The van der Waals surface area contributed by atoms with E-state index in [-0.39, 0.29) is 17.1 Å². The summed E-state index contributed by atoms with van der Waals surface area (Å²) >= 11 is 7.44. The third kappa shape index (κ3) is 2.53. The zero-order valence-electron chi connectivity index (χ0n) is 10.4. The number of benzene rings is 2. The van der Waals surface area contributed by atoms with Crippen molar-refractivity contribution >= 4 is 35.0 Å². The molecule has 0 saturated carbocycles. The van der Waals surface area contributed by atoms with E-state index in [0.29, 0.717) is 16.5 Å². The zero-order chi connectivity index (χ0) is 14.1. The van der Waals surface area contributed by atoms with E-state index in [9.17, 15) is 9.18 Å². The summed E-state index contributed by atoms with van der Waals surface area (Å²) < 4.78 is 13.0. The van der Waals surface area contributed by atoms with Crippen LogP contribution in [0.4, 0.5) is 10.1 Å². The van der Waals surface area contributed by atoms with Gasteiger partial charge in [0.2, 0.25) is 5.91 Å². The van der Waals surface area contributed by atoms with Gasteiger partial charge in [0.15, 0.2) is 0 Å². The van der Waals surface area contributed by atoms with Crippen molar-refractivity contribution in [2.24, 2.45) is 0 Å². The van der Waals surface area contributed by atoms with E-state index in [1.165, 1.54) is 12.1 Å². The second-order valence-electron chi connectivity index (χ2n) is 4.46. The molecule has 0 aliphatic carbocycles. The van der Waals surface area contributed by atoms with Crippen LogP contribution < -0.4 is 4.90 Å². The molecule has 0 bridgehead atoms. The van der Waals surface area contributed by atoms with Crippen molar-refractivity contribution < 1.29 is 9.18 Å². The molecule has 1 aliphatic rings. The summed E-state index contributed by atoms with van der Waals surface area (Å²) in [7, 11) is 0. The summed E-state index contributed by atoms with van der Waals surface area (Å²) in [5.41, 5.74) is 1.72. The molecule has 1 amide bonds. The topological polar surface area (TPSA) is 20.3 Å².